The van der Waals surface area contributed by atoms with Gasteiger partial charge in [-0.05, 0) is 24.6 Å². The van der Waals surface area contributed by atoms with E-state index in [1.54, 1.807) is 43.3 Å². The van der Waals surface area contributed by atoms with Crippen molar-refractivity contribution < 1.29 is 23.0 Å². The maximum Gasteiger partial charge on any atom is 0.419 e. The highest BCUT2D eigenvalue weighted by Crippen LogP contribution is 2.40. The molecule has 0 saturated heterocycles. The zero-order valence-corrected chi connectivity index (χ0v) is 11.4. The minimum absolute atomic E-state index is 0.182. The maximum absolute atomic E-state index is 13.2. The number of alkyl halides is 3. The standard InChI is InChI=1S/C16H15F3O2/c1-11-7-8-14(20)13(9-11)15(16(17,18)19)21-10-12-5-3-2-4-6-12/h2-9,15,20H,10H2,1H3. The fraction of sp³-hybridized carbons (Fsp3) is 0.250. The summed E-state index contributed by atoms with van der Waals surface area (Å²) < 4.78 is 44.6. The van der Waals surface area contributed by atoms with Crippen LogP contribution in [0.25, 0.3) is 0 Å². The van der Waals surface area contributed by atoms with Gasteiger partial charge in [0.25, 0.3) is 0 Å². The van der Waals surface area contributed by atoms with Gasteiger partial charge in [0.1, 0.15) is 5.75 Å². The van der Waals surface area contributed by atoms with E-state index in [0.717, 1.165) is 0 Å². The molecule has 5 heteroatoms. The van der Waals surface area contributed by atoms with Crippen LogP contribution in [0.3, 0.4) is 0 Å². The molecule has 2 nitrogen and oxygen atoms in total. The number of rotatable bonds is 4. The quantitative estimate of drug-likeness (QED) is 0.898. The van der Waals surface area contributed by atoms with Crippen LogP contribution < -0.4 is 0 Å². The molecule has 1 N–H and O–H groups in total. The number of hydrogen-bond donors (Lipinski definition) is 1. The van der Waals surface area contributed by atoms with E-state index in [9.17, 15) is 18.3 Å². The number of benzene rings is 2. The Morgan fingerprint density at radius 1 is 1.10 bits per heavy atom. The lowest BCUT2D eigenvalue weighted by Crippen LogP contribution is -2.23. The van der Waals surface area contributed by atoms with E-state index >= 15 is 0 Å². The van der Waals surface area contributed by atoms with Crippen molar-refractivity contribution in [2.24, 2.45) is 0 Å². The summed E-state index contributed by atoms with van der Waals surface area (Å²) in [7, 11) is 0. The molecule has 0 bridgehead atoms. The van der Waals surface area contributed by atoms with Gasteiger partial charge in [-0.25, -0.2) is 0 Å². The summed E-state index contributed by atoms with van der Waals surface area (Å²) in [5.74, 6) is -0.420. The Morgan fingerprint density at radius 2 is 1.76 bits per heavy atom. The van der Waals surface area contributed by atoms with Crippen LogP contribution >= 0.6 is 0 Å². The Morgan fingerprint density at radius 3 is 2.38 bits per heavy atom. The summed E-state index contributed by atoms with van der Waals surface area (Å²) in [6.45, 7) is 1.48. The number of phenolic OH excluding ortho intramolecular Hbond substituents is 1. The topological polar surface area (TPSA) is 29.5 Å². The van der Waals surface area contributed by atoms with Gasteiger partial charge in [-0.15, -0.1) is 0 Å². The molecule has 0 aliphatic heterocycles. The van der Waals surface area contributed by atoms with Crippen LogP contribution in [-0.4, -0.2) is 11.3 Å². The Kier molecular flexibility index (Phi) is 4.53. The van der Waals surface area contributed by atoms with E-state index in [2.05, 4.69) is 0 Å². The van der Waals surface area contributed by atoms with Crippen LogP contribution in [0.2, 0.25) is 0 Å². The second-order valence-electron chi connectivity index (χ2n) is 4.78. The summed E-state index contributed by atoms with van der Waals surface area (Å²) in [4.78, 5) is 0. The molecule has 0 spiro atoms. The lowest BCUT2D eigenvalue weighted by Gasteiger charge is -2.22. The highest BCUT2D eigenvalue weighted by atomic mass is 19.4. The van der Waals surface area contributed by atoms with Gasteiger partial charge in [0.15, 0.2) is 6.10 Å². The summed E-state index contributed by atoms with van der Waals surface area (Å²) in [5.41, 5.74) is 0.998. The summed E-state index contributed by atoms with van der Waals surface area (Å²) in [5, 5.41) is 9.69. The third kappa shape index (κ3) is 3.98. The number of phenols is 1. The SMILES string of the molecule is Cc1ccc(O)c(C(OCc2ccccc2)C(F)(F)F)c1. The molecule has 0 aromatic heterocycles. The molecule has 0 heterocycles. The number of aromatic hydroxyl groups is 1. The smallest absolute Gasteiger partial charge is 0.419 e. The third-order valence-electron chi connectivity index (χ3n) is 3.02. The molecular formula is C16H15F3O2. The van der Waals surface area contributed by atoms with Crippen LogP contribution in [0.15, 0.2) is 48.5 Å². The second-order valence-corrected chi connectivity index (χ2v) is 4.78. The molecule has 2 aromatic rings. The number of ether oxygens (including phenoxy) is 1. The predicted octanol–water partition coefficient (Wildman–Crippen LogP) is 4.52. The minimum atomic E-state index is -4.60. The van der Waals surface area contributed by atoms with Crippen LogP contribution in [0.5, 0.6) is 5.75 Å². The molecule has 0 amide bonds. The van der Waals surface area contributed by atoms with Crippen molar-refractivity contribution in [1.29, 1.82) is 0 Å². The van der Waals surface area contributed by atoms with Gasteiger partial charge in [-0.3, -0.25) is 0 Å². The van der Waals surface area contributed by atoms with Crippen molar-refractivity contribution in [1.82, 2.24) is 0 Å². The fourth-order valence-corrected chi connectivity index (χ4v) is 2.00. The summed E-state index contributed by atoms with van der Waals surface area (Å²) in [6, 6.07) is 12.7. The predicted molar refractivity (Wildman–Crippen MR) is 72.9 cm³/mol. The van der Waals surface area contributed by atoms with Gasteiger partial charge in [-0.1, -0.05) is 42.0 Å². The monoisotopic (exact) mass is 296 g/mol. The molecule has 0 aliphatic rings. The Hall–Kier alpha value is -2.01. The van der Waals surface area contributed by atoms with Crippen molar-refractivity contribution in [2.45, 2.75) is 25.8 Å². The molecule has 0 radical (unpaired) electrons. The van der Waals surface area contributed by atoms with Gasteiger partial charge in [0.2, 0.25) is 0 Å². The molecule has 1 unspecified atom stereocenters. The summed E-state index contributed by atoms with van der Waals surface area (Å²) >= 11 is 0. The van der Waals surface area contributed by atoms with Crippen LogP contribution in [0.4, 0.5) is 13.2 Å². The summed E-state index contributed by atoms with van der Waals surface area (Å²) in [6.07, 6.45) is -6.75. The number of hydrogen-bond acceptors (Lipinski definition) is 2. The minimum Gasteiger partial charge on any atom is -0.508 e. The Balaban J connectivity index is 2.25. The Labute approximate surface area is 120 Å². The number of halogens is 3. The second kappa shape index (κ2) is 6.18. The van der Waals surface area contributed by atoms with Gasteiger partial charge in [0, 0.05) is 5.56 Å². The van der Waals surface area contributed by atoms with Gasteiger partial charge in [0.05, 0.1) is 6.61 Å². The molecule has 2 aromatic carbocycles. The largest absolute Gasteiger partial charge is 0.508 e. The number of aryl methyl sites for hydroxylation is 1. The molecule has 2 rings (SSSR count). The average Bonchev–Trinajstić information content (AvgIpc) is 2.42. The van der Waals surface area contributed by atoms with E-state index in [4.69, 9.17) is 4.74 Å². The first kappa shape index (κ1) is 15.4. The average molecular weight is 296 g/mol. The van der Waals surface area contributed by atoms with E-state index in [1.165, 1.54) is 12.1 Å². The molecule has 0 aliphatic carbocycles. The Bertz CT molecular complexity index is 594. The highest BCUT2D eigenvalue weighted by molar-refractivity contribution is 5.38. The first-order valence-corrected chi connectivity index (χ1v) is 6.39. The highest BCUT2D eigenvalue weighted by Gasteiger charge is 2.43. The van der Waals surface area contributed by atoms with Crippen molar-refractivity contribution in [3.63, 3.8) is 0 Å². The maximum atomic E-state index is 13.2. The van der Waals surface area contributed by atoms with Gasteiger partial charge in [-0.2, -0.15) is 13.2 Å². The van der Waals surface area contributed by atoms with E-state index in [0.29, 0.717) is 11.1 Å². The van der Waals surface area contributed by atoms with E-state index < -0.39 is 18.0 Å². The molecule has 21 heavy (non-hydrogen) atoms. The van der Waals surface area contributed by atoms with Crippen LogP contribution in [-0.2, 0) is 11.3 Å². The lowest BCUT2D eigenvalue weighted by molar-refractivity contribution is -0.227. The third-order valence-corrected chi connectivity index (χ3v) is 3.02. The first-order chi connectivity index (χ1) is 9.88. The van der Waals surface area contributed by atoms with Crippen LogP contribution in [0.1, 0.15) is 22.8 Å². The molecule has 1 atom stereocenters. The van der Waals surface area contributed by atoms with E-state index in [-0.39, 0.29) is 12.2 Å². The van der Waals surface area contributed by atoms with Gasteiger partial charge < -0.3 is 9.84 Å². The van der Waals surface area contributed by atoms with Crippen molar-refractivity contribution in [2.75, 3.05) is 0 Å². The first-order valence-electron chi connectivity index (χ1n) is 6.39. The zero-order valence-electron chi connectivity index (χ0n) is 11.4. The van der Waals surface area contributed by atoms with Crippen molar-refractivity contribution in [3.8, 4) is 5.75 Å². The van der Waals surface area contributed by atoms with Crippen LogP contribution in [0, 0.1) is 6.92 Å². The zero-order chi connectivity index (χ0) is 15.5. The lowest BCUT2D eigenvalue weighted by atomic mass is 10.0. The van der Waals surface area contributed by atoms with Crippen molar-refractivity contribution >= 4 is 0 Å². The molecule has 0 saturated carbocycles. The van der Waals surface area contributed by atoms with Crippen molar-refractivity contribution in [3.05, 3.63) is 65.2 Å². The molecule has 112 valence electrons. The fourth-order valence-electron chi connectivity index (χ4n) is 2.00. The molecular weight excluding hydrogens is 281 g/mol. The molecule has 0 fully saturated rings. The van der Waals surface area contributed by atoms with Gasteiger partial charge >= 0.3 is 6.18 Å². The van der Waals surface area contributed by atoms with E-state index in [1.807, 2.05) is 0 Å². The normalized spacial score (nSPS) is 13.1.